The molecule has 9 heavy (non-hydrogen) atoms. The van der Waals surface area contributed by atoms with Crippen LogP contribution in [0.15, 0.2) is 0 Å². The molecule has 0 aromatic rings. The highest BCUT2D eigenvalue weighted by Crippen LogP contribution is 2.17. The molecule has 2 atom stereocenters. The van der Waals surface area contributed by atoms with E-state index < -0.39 is 0 Å². The van der Waals surface area contributed by atoms with Crippen molar-refractivity contribution in [3.05, 3.63) is 0 Å². The van der Waals surface area contributed by atoms with E-state index in [9.17, 15) is 0 Å². The molecule has 1 saturated heterocycles. The molecular formula is C8H16O. The minimum Gasteiger partial charge on any atom is -0.378 e. The molecule has 0 amide bonds. The zero-order valence-electron chi connectivity index (χ0n) is 6.39. The second kappa shape index (κ2) is 3.21. The van der Waals surface area contributed by atoms with Gasteiger partial charge in [-0.3, -0.25) is 0 Å². The molecule has 0 spiro atoms. The maximum Gasteiger partial charge on any atom is 0.0547 e. The Morgan fingerprint density at radius 2 is 1.89 bits per heavy atom. The van der Waals surface area contributed by atoms with Gasteiger partial charge in [0.05, 0.1) is 6.10 Å². The molecule has 0 radical (unpaired) electrons. The van der Waals surface area contributed by atoms with E-state index in [2.05, 4.69) is 13.8 Å². The SMILES string of the molecule is CC1CCOC(C)CC1. The van der Waals surface area contributed by atoms with Gasteiger partial charge >= 0.3 is 0 Å². The van der Waals surface area contributed by atoms with Crippen LogP contribution in [0.25, 0.3) is 0 Å². The van der Waals surface area contributed by atoms with Gasteiger partial charge in [0.15, 0.2) is 0 Å². The summed E-state index contributed by atoms with van der Waals surface area (Å²) < 4.78 is 5.47. The summed E-state index contributed by atoms with van der Waals surface area (Å²) in [7, 11) is 0. The van der Waals surface area contributed by atoms with Gasteiger partial charge in [-0.2, -0.15) is 0 Å². The Hall–Kier alpha value is -0.0400. The third-order valence-corrected chi connectivity index (χ3v) is 2.08. The van der Waals surface area contributed by atoms with Crippen molar-refractivity contribution in [3.63, 3.8) is 0 Å². The van der Waals surface area contributed by atoms with Crippen LogP contribution in [0.5, 0.6) is 0 Å². The zero-order valence-corrected chi connectivity index (χ0v) is 6.39. The molecule has 1 fully saturated rings. The van der Waals surface area contributed by atoms with Crippen molar-refractivity contribution in [3.8, 4) is 0 Å². The molecule has 1 heteroatoms. The number of hydrogen-bond donors (Lipinski definition) is 0. The Bertz CT molecular complexity index is 70.6. The summed E-state index contributed by atoms with van der Waals surface area (Å²) in [5.74, 6) is 0.884. The first-order valence-electron chi connectivity index (χ1n) is 3.90. The molecule has 1 heterocycles. The van der Waals surface area contributed by atoms with Gasteiger partial charge in [-0.25, -0.2) is 0 Å². The van der Waals surface area contributed by atoms with Gasteiger partial charge in [0.2, 0.25) is 0 Å². The summed E-state index contributed by atoms with van der Waals surface area (Å²) in [4.78, 5) is 0. The molecule has 0 aromatic heterocycles. The lowest BCUT2D eigenvalue weighted by molar-refractivity contribution is 0.0713. The van der Waals surface area contributed by atoms with Gasteiger partial charge in [-0.15, -0.1) is 0 Å². The molecule has 1 aliphatic rings. The summed E-state index contributed by atoms with van der Waals surface area (Å²) in [6.45, 7) is 5.45. The van der Waals surface area contributed by atoms with Crippen LogP contribution in [0.3, 0.4) is 0 Å². The van der Waals surface area contributed by atoms with Crippen molar-refractivity contribution in [2.24, 2.45) is 5.92 Å². The lowest BCUT2D eigenvalue weighted by Gasteiger charge is -2.05. The third kappa shape index (κ3) is 2.35. The van der Waals surface area contributed by atoms with E-state index in [1.165, 1.54) is 19.3 Å². The van der Waals surface area contributed by atoms with Gasteiger partial charge in [0.1, 0.15) is 0 Å². The number of ether oxygens (including phenoxy) is 1. The molecule has 1 nitrogen and oxygen atoms in total. The average Bonchev–Trinajstić information content (AvgIpc) is 1.97. The van der Waals surface area contributed by atoms with Crippen molar-refractivity contribution in [1.29, 1.82) is 0 Å². The standard InChI is InChI=1S/C8H16O/c1-7-3-4-8(2)9-6-5-7/h7-8H,3-6H2,1-2H3. The van der Waals surface area contributed by atoms with Gasteiger partial charge < -0.3 is 4.74 Å². The first-order chi connectivity index (χ1) is 4.29. The maximum absolute atomic E-state index is 5.47. The van der Waals surface area contributed by atoms with E-state index in [4.69, 9.17) is 4.74 Å². The van der Waals surface area contributed by atoms with Crippen LogP contribution in [0.4, 0.5) is 0 Å². The van der Waals surface area contributed by atoms with Crippen LogP contribution in [0, 0.1) is 5.92 Å². The van der Waals surface area contributed by atoms with Crippen molar-refractivity contribution in [1.82, 2.24) is 0 Å². The van der Waals surface area contributed by atoms with E-state index >= 15 is 0 Å². The molecule has 1 aliphatic heterocycles. The Balaban J connectivity index is 2.25. The monoisotopic (exact) mass is 128 g/mol. The van der Waals surface area contributed by atoms with Gasteiger partial charge in [0.25, 0.3) is 0 Å². The van der Waals surface area contributed by atoms with Crippen LogP contribution in [-0.2, 0) is 4.74 Å². The second-order valence-electron chi connectivity index (χ2n) is 3.15. The minimum absolute atomic E-state index is 0.509. The molecule has 0 aromatic carbocycles. The summed E-state index contributed by atoms with van der Waals surface area (Å²) in [5.41, 5.74) is 0. The van der Waals surface area contributed by atoms with Gasteiger partial charge in [-0.1, -0.05) is 6.92 Å². The van der Waals surface area contributed by atoms with Gasteiger partial charge in [-0.05, 0) is 32.1 Å². The van der Waals surface area contributed by atoms with Crippen LogP contribution in [-0.4, -0.2) is 12.7 Å². The van der Waals surface area contributed by atoms with Crippen molar-refractivity contribution in [2.75, 3.05) is 6.61 Å². The molecule has 0 bridgehead atoms. The molecule has 1 rings (SSSR count). The molecule has 0 N–H and O–H groups in total. The van der Waals surface area contributed by atoms with E-state index in [0.29, 0.717) is 6.10 Å². The van der Waals surface area contributed by atoms with Crippen molar-refractivity contribution < 1.29 is 4.74 Å². The summed E-state index contributed by atoms with van der Waals surface area (Å²) >= 11 is 0. The summed E-state index contributed by atoms with van der Waals surface area (Å²) in [6.07, 6.45) is 4.36. The zero-order chi connectivity index (χ0) is 6.69. The fourth-order valence-corrected chi connectivity index (χ4v) is 1.22. The quantitative estimate of drug-likeness (QED) is 0.486. The van der Waals surface area contributed by atoms with Crippen LogP contribution >= 0.6 is 0 Å². The van der Waals surface area contributed by atoms with Crippen molar-refractivity contribution in [2.45, 2.75) is 39.2 Å². The Morgan fingerprint density at radius 3 is 2.67 bits per heavy atom. The molecule has 2 unspecified atom stereocenters. The Kier molecular flexibility index (Phi) is 2.52. The fraction of sp³-hybridized carbons (Fsp3) is 1.00. The normalized spacial score (nSPS) is 38.0. The number of hydrogen-bond acceptors (Lipinski definition) is 1. The molecule has 0 saturated carbocycles. The van der Waals surface area contributed by atoms with Crippen LogP contribution in [0.2, 0.25) is 0 Å². The maximum atomic E-state index is 5.47. The lowest BCUT2D eigenvalue weighted by atomic mass is 10.0. The molecule has 54 valence electrons. The van der Waals surface area contributed by atoms with Crippen molar-refractivity contribution >= 4 is 0 Å². The highest BCUT2D eigenvalue weighted by atomic mass is 16.5. The fourth-order valence-electron chi connectivity index (χ4n) is 1.22. The second-order valence-corrected chi connectivity index (χ2v) is 3.15. The van der Waals surface area contributed by atoms with Gasteiger partial charge in [0, 0.05) is 6.61 Å². The number of rotatable bonds is 0. The largest absolute Gasteiger partial charge is 0.378 e. The predicted octanol–water partition coefficient (Wildman–Crippen LogP) is 2.21. The van der Waals surface area contributed by atoms with E-state index in [1.807, 2.05) is 0 Å². The lowest BCUT2D eigenvalue weighted by Crippen LogP contribution is -2.04. The highest BCUT2D eigenvalue weighted by molar-refractivity contribution is 4.61. The third-order valence-electron chi connectivity index (χ3n) is 2.08. The van der Waals surface area contributed by atoms with Crippen LogP contribution in [0.1, 0.15) is 33.1 Å². The minimum atomic E-state index is 0.509. The van der Waals surface area contributed by atoms with E-state index in [1.54, 1.807) is 0 Å². The molecule has 0 aliphatic carbocycles. The highest BCUT2D eigenvalue weighted by Gasteiger charge is 2.11. The predicted molar refractivity (Wildman–Crippen MR) is 38.4 cm³/mol. The van der Waals surface area contributed by atoms with E-state index in [0.717, 1.165) is 12.5 Å². The Labute approximate surface area is 57.4 Å². The summed E-state index contributed by atoms with van der Waals surface area (Å²) in [5, 5.41) is 0. The van der Waals surface area contributed by atoms with Crippen LogP contribution < -0.4 is 0 Å². The first-order valence-corrected chi connectivity index (χ1v) is 3.90. The summed E-state index contributed by atoms with van der Waals surface area (Å²) in [6, 6.07) is 0. The topological polar surface area (TPSA) is 9.23 Å². The average molecular weight is 128 g/mol. The Morgan fingerprint density at radius 1 is 1.11 bits per heavy atom. The first kappa shape index (κ1) is 7.07. The smallest absolute Gasteiger partial charge is 0.0547 e. The molecular weight excluding hydrogens is 112 g/mol. The van der Waals surface area contributed by atoms with E-state index in [-0.39, 0.29) is 0 Å².